The Morgan fingerprint density at radius 1 is 1.24 bits per heavy atom. The van der Waals surface area contributed by atoms with Crippen LogP contribution in [0.15, 0.2) is 34.9 Å². The number of hydrogen-bond donors (Lipinski definition) is 1. The zero-order valence-corrected chi connectivity index (χ0v) is 12.8. The first-order valence-corrected chi connectivity index (χ1v) is 7.74. The van der Waals surface area contributed by atoms with Gasteiger partial charge in [-0.3, -0.25) is 0 Å². The molecular formula is C17H23N3O. The van der Waals surface area contributed by atoms with Gasteiger partial charge in [-0.05, 0) is 29.7 Å². The van der Waals surface area contributed by atoms with Crippen molar-refractivity contribution in [2.75, 3.05) is 6.54 Å². The minimum absolute atomic E-state index is 0.507. The van der Waals surface area contributed by atoms with E-state index in [1.165, 1.54) is 18.4 Å². The fraction of sp³-hybridized carbons (Fsp3) is 0.529. The normalized spacial score (nSPS) is 16.3. The summed E-state index contributed by atoms with van der Waals surface area (Å²) in [4.78, 5) is 4.45. The molecular weight excluding hydrogens is 262 g/mol. The van der Waals surface area contributed by atoms with Crippen LogP contribution in [0.5, 0.6) is 0 Å². The SMILES string of the molecule is CC(C)C1(CNCc2nc(Cc3ccccc3)no2)CC1. The van der Waals surface area contributed by atoms with E-state index in [2.05, 4.69) is 41.4 Å². The molecule has 0 atom stereocenters. The van der Waals surface area contributed by atoms with Gasteiger partial charge in [0.2, 0.25) is 5.89 Å². The van der Waals surface area contributed by atoms with Gasteiger partial charge in [0.1, 0.15) is 0 Å². The van der Waals surface area contributed by atoms with Crippen LogP contribution in [0.1, 0.15) is 44.0 Å². The summed E-state index contributed by atoms with van der Waals surface area (Å²) in [7, 11) is 0. The summed E-state index contributed by atoms with van der Waals surface area (Å²) in [5.41, 5.74) is 1.71. The monoisotopic (exact) mass is 285 g/mol. The first kappa shape index (κ1) is 14.3. The first-order chi connectivity index (χ1) is 10.2. The lowest BCUT2D eigenvalue weighted by molar-refractivity contribution is 0.317. The van der Waals surface area contributed by atoms with Crippen molar-refractivity contribution in [1.82, 2.24) is 15.5 Å². The van der Waals surface area contributed by atoms with Crippen molar-refractivity contribution in [3.8, 4) is 0 Å². The van der Waals surface area contributed by atoms with Crippen LogP contribution in [-0.4, -0.2) is 16.7 Å². The van der Waals surface area contributed by atoms with Crippen LogP contribution < -0.4 is 5.32 Å². The largest absolute Gasteiger partial charge is 0.338 e. The van der Waals surface area contributed by atoms with Crippen LogP contribution in [0.25, 0.3) is 0 Å². The predicted molar refractivity (Wildman–Crippen MR) is 81.8 cm³/mol. The summed E-state index contributed by atoms with van der Waals surface area (Å²) < 4.78 is 5.31. The highest BCUT2D eigenvalue weighted by atomic mass is 16.5. The molecule has 1 aliphatic carbocycles. The molecule has 4 heteroatoms. The maximum absolute atomic E-state index is 5.31. The van der Waals surface area contributed by atoms with Gasteiger partial charge in [0.25, 0.3) is 0 Å². The molecule has 1 N–H and O–H groups in total. The molecule has 0 amide bonds. The molecule has 112 valence electrons. The summed E-state index contributed by atoms with van der Waals surface area (Å²) in [6.45, 7) is 6.32. The van der Waals surface area contributed by atoms with Gasteiger partial charge in [-0.25, -0.2) is 0 Å². The summed E-state index contributed by atoms with van der Waals surface area (Å²) in [6.07, 6.45) is 3.39. The fourth-order valence-corrected chi connectivity index (χ4v) is 2.75. The molecule has 0 saturated heterocycles. The first-order valence-electron chi connectivity index (χ1n) is 7.74. The van der Waals surface area contributed by atoms with Gasteiger partial charge in [0, 0.05) is 13.0 Å². The maximum Gasteiger partial charge on any atom is 0.240 e. The third kappa shape index (κ3) is 3.50. The van der Waals surface area contributed by atoms with E-state index in [9.17, 15) is 0 Å². The van der Waals surface area contributed by atoms with Gasteiger partial charge in [-0.1, -0.05) is 49.3 Å². The second kappa shape index (κ2) is 5.98. The molecule has 0 unspecified atom stereocenters. The van der Waals surface area contributed by atoms with Crippen molar-refractivity contribution in [1.29, 1.82) is 0 Å². The lowest BCUT2D eigenvalue weighted by Crippen LogP contribution is -2.27. The fourth-order valence-electron chi connectivity index (χ4n) is 2.75. The molecule has 1 aromatic carbocycles. The Hall–Kier alpha value is -1.68. The second-order valence-corrected chi connectivity index (χ2v) is 6.39. The molecule has 0 bridgehead atoms. The highest BCUT2D eigenvalue weighted by Gasteiger charge is 2.44. The van der Waals surface area contributed by atoms with Gasteiger partial charge in [0.05, 0.1) is 6.54 Å². The number of hydrogen-bond acceptors (Lipinski definition) is 4. The molecule has 1 fully saturated rings. The van der Waals surface area contributed by atoms with Gasteiger partial charge in [-0.15, -0.1) is 0 Å². The lowest BCUT2D eigenvalue weighted by atomic mass is 9.92. The van der Waals surface area contributed by atoms with Gasteiger partial charge >= 0.3 is 0 Å². The van der Waals surface area contributed by atoms with Crippen molar-refractivity contribution in [2.45, 2.75) is 39.7 Å². The topological polar surface area (TPSA) is 51.0 Å². The number of benzene rings is 1. The molecule has 1 aromatic heterocycles. The van der Waals surface area contributed by atoms with E-state index in [1.54, 1.807) is 0 Å². The Labute approximate surface area is 126 Å². The van der Waals surface area contributed by atoms with Crippen LogP contribution in [0.2, 0.25) is 0 Å². The summed E-state index contributed by atoms with van der Waals surface area (Å²) in [5, 5.41) is 7.52. The molecule has 1 aliphatic rings. The molecule has 4 nitrogen and oxygen atoms in total. The van der Waals surface area contributed by atoms with E-state index in [-0.39, 0.29) is 0 Å². The van der Waals surface area contributed by atoms with Crippen molar-refractivity contribution in [3.05, 3.63) is 47.6 Å². The second-order valence-electron chi connectivity index (χ2n) is 6.39. The Bertz CT molecular complexity index is 573. The van der Waals surface area contributed by atoms with Gasteiger partial charge in [-0.2, -0.15) is 4.98 Å². The van der Waals surface area contributed by atoms with E-state index < -0.39 is 0 Å². The maximum atomic E-state index is 5.31. The smallest absolute Gasteiger partial charge is 0.240 e. The Morgan fingerprint density at radius 3 is 2.67 bits per heavy atom. The minimum Gasteiger partial charge on any atom is -0.338 e. The van der Waals surface area contributed by atoms with Crippen molar-refractivity contribution < 1.29 is 4.52 Å². The van der Waals surface area contributed by atoms with Crippen LogP contribution >= 0.6 is 0 Å². The van der Waals surface area contributed by atoms with Gasteiger partial charge in [0.15, 0.2) is 5.82 Å². The lowest BCUT2D eigenvalue weighted by Gasteiger charge is -2.19. The highest BCUT2D eigenvalue weighted by molar-refractivity contribution is 5.18. The summed E-state index contributed by atoms with van der Waals surface area (Å²) in [5.74, 6) is 2.17. The number of rotatable bonds is 7. The Balaban J connectivity index is 1.49. The predicted octanol–water partition coefficient (Wildman–Crippen LogP) is 3.19. The van der Waals surface area contributed by atoms with E-state index in [4.69, 9.17) is 4.52 Å². The Morgan fingerprint density at radius 2 is 2.00 bits per heavy atom. The Kier molecular flexibility index (Phi) is 4.06. The van der Waals surface area contributed by atoms with E-state index in [0.717, 1.165) is 24.7 Å². The molecule has 0 radical (unpaired) electrons. The minimum atomic E-state index is 0.507. The zero-order chi connectivity index (χ0) is 14.7. The number of aromatic nitrogens is 2. The summed E-state index contributed by atoms with van der Waals surface area (Å²) >= 11 is 0. The molecule has 0 aliphatic heterocycles. The average Bonchev–Trinajstić information content (AvgIpc) is 3.15. The number of nitrogens with zero attached hydrogens (tertiary/aromatic N) is 2. The quantitative estimate of drug-likeness (QED) is 0.849. The molecule has 1 saturated carbocycles. The van der Waals surface area contributed by atoms with E-state index >= 15 is 0 Å². The third-order valence-corrected chi connectivity index (χ3v) is 4.59. The average molecular weight is 285 g/mol. The van der Waals surface area contributed by atoms with E-state index in [1.807, 2.05) is 18.2 Å². The van der Waals surface area contributed by atoms with E-state index in [0.29, 0.717) is 17.9 Å². The molecule has 2 aromatic rings. The van der Waals surface area contributed by atoms with Crippen LogP contribution in [-0.2, 0) is 13.0 Å². The van der Waals surface area contributed by atoms with Crippen LogP contribution in [0.3, 0.4) is 0 Å². The standard InChI is InChI=1S/C17H23N3O/c1-13(2)17(8-9-17)12-18-11-16-19-15(20-21-16)10-14-6-4-3-5-7-14/h3-7,13,18H,8-12H2,1-2H3. The molecule has 21 heavy (non-hydrogen) atoms. The highest BCUT2D eigenvalue weighted by Crippen LogP contribution is 2.51. The number of nitrogens with one attached hydrogen (secondary N) is 1. The molecule has 3 rings (SSSR count). The summed E-state index contributed by atoms with van der Waals surface area (Å²) in [6, 6.07) is 10.2. The van der Waals surface area contributed by atoms with Crippen molar-refractivity contribution in [3.63, 3.8) is 0 Å². The van der Waals surface area contributed by atoms with Gasteiger partial charge < -0.3 is 9.84 Å². The van der Waals surface area contributed by atoms with Crippen LogP contribution in [0.4, 0.5) is 0 Å². The van der Waals surface area contributed by atoms with Crippen molar-refractivity contribution >= 4 is 0 Å². The third-order valence-electron chi connectivity index (χ3n) is 4.59. The zero-order valence-electron chi connectivity index (χ0n) is 12.8. The molecule has 1 heterocycles. The molecule has 0 spiro atoms. The van der Waals surface area contributed by atoms with Crippen molar-refractivity contribution in [2.24, 2.45) is 11.3 Å². The van der Waals surface area contributed by atoms with Crippen LogP contribution in [0, 0.1) is 11.3 Å².